The average Bonchev–Trinajstić information content (AvgIpc) is 2.62. The Labute approximate surface area is 135 Å². The molecule has 1 fully saturated rings. The standard InChI is InChI=1S/C17H20N4O2/c1-23-16-15(5-3-7-19-16)17(22)21-10-8-20(9-11-21)13-14-4-2-6-18-12-14/h2-7,12H,8-11,13H2,1H3. The van der Waals surface area contributed by atoms with Gasteiger partial charge in [0.25, 0.3) is 5.91 Å². The van der Waals surface area contributed by atoms with Gasteiger partial charge in [-0.1, -0.05) is 6.07 Å². The molecule has 1 aliphatic heterocycles. The number of aromatic nitrogens is 2. The normalized spacial score (nSPS) is 15.4. The Hall–Kier alpha value is -2.47. The van der Waals surface area contributed by atoms with E-state index < -0.39 is 0 Å². The van der Waals surface area contributed by atoms with Crippen LogP contribution >= 0.6 is 0 Å². The first-order chi connectivity index (χ1) is 11.3. The van der Waals surface area contributed by atoms with Crippen LogP contribution in [0.4, 0.5) is 0 Å². The van der Waals surface area contributed by atoms with Gasteiger partial charge in [0, 0.05) is 51.3 Å². The van der Waals surface area contributed by atoms with Gasteiger partial charge in [0.2, 0.25) is 5.88 Å². The van der Waals surface area contributed by atoms with Crippen LogP contribution in [0.15, 0.2) is 42.9 Å². The third kappa shape index (κ3) is 3.65. The van der Waals surface area contributed by atoms with E-state index >= 15 is 0 Å². The fourth-order valence-electron chi connectivity index (χ4n) is 2.75. The molecule has 0 radical (unpaired) electrons. The minimum atomic E-state index is -0.0176. The number of piperazine rings is 1. The van der Waals surface area contributed by atoms with Crippen molar-refractivity contribution in [2.24, 2.45) is 0 Å². The summed E-state index contributed by atoms with van der Waals surface area (Å²) in [6.45, 7) is 3.98. The summed E-state index contributed by atoms with van der Waals surface area (Å²) in [6, 6.07) is 7.54. The lowest BCUT2D eigenvalue weighted by Gasteiger charge is -2.34. The molecule has 2 aromatic rings. The number of methoxy groups -OCH3 is 1. The number of amides is 1. The third-order valence-corrected chi connectivity index (χ3v) is 3.98. The number of nitrogens with zero attached hydrogens (tertiary/aromatic N) is 4. The Bertz CT molecular complexity index is 655. The van der Waals surface area contributed by atoms with Gasteiger partial charge in [-0.3, -0.25) is 14.7 Å². The van der Waals surface area contributed by atoms with Crippen LogP contribution in [0.3, 0.4) is 0 Å². The van der Waals surface area contributed by atoms with Crippen LogP contribution in [0.1, 0.15) is 15.9 Å². The molecule has 0 atom stereocenters. The zero-order chi connectivity index (χ0) is 16.1. The first kappa shape index (κ1) is 15.4. The zero-order valence-electron chi connectivity index (χ0n) is 13.2. The molecule has 6 nitrogen and oxygen atoms in total. The summed E-state index contributed by atoms with van der Waals surface area (Å²) in [7, 11) is 1.53. The number of carbonyl (C=O) groups is 1. The lowest BCUT2D eigenvalue weighted by molar-refractivity contribution is 0.0624. The minimum Gasteiger partial charge on any atom is -0.480 e. The van der Waals surface area contributed by atoms with Crippen molar-refractivity contribution in [1.29, 1.82) is 0 Å². The molecule has 0 aromatic carbocycles. The molecule has 3 rings (SSSR count). The topological polar surface area (TPSA) is 58.6 Å². The zero-order valence-corrected chi connectivity index (χ0v) is 13.2. The van der Waals surface area contributed by atoms with Crippen molar-refractivity contribution in [3.05, 3.63) is 54.0 Å². The Balaban J connectivity index is 1.59. The van der Waals surface area contributed by atoms with Gasteiger partial charge in [0.15, 0.2) is 0 Å². The monoisotopic (exact) mass is 312 g/mol. The van der Waals surface area contributed by atoms with E-state index in [2.05, 4.69) is 20.9 Å². The van der Waals surface area contributed by atoms with Crippen molar-refractivity contribution >= 4 is 5.91 Å². The summed E-state index contributed by atoms with van der Waals surface area (Å²) < 4.78 is 5.18. The first-order valence-corrected chi connectivity index (χ1v) is 7.67. The highest BCUT2D eigenvalue weighted by molar-refractivity contribution is 5.96. The van der Waals surface area contributed by atoms with Crippen LogP contribution in [0, 0.1) is 0 Å². The molecule has 3 heterocycles. The van der Waals surface area contributed by atoms with Crippen molar-refractivity contribution in [3.8, 4) is 5.88 Å². The average molecular weight is 312 g/mol. The second kappa shape index (κ2) is 7.19. The van der Waals surface area contributed by atoms with Crippen molar-refractivity contribution in [2.75, 3.05) is 33.3 Å². The van der Waals surface area contributed by atoms with E-state index in [0.29, 0.717) is 24.5 Å². The van der Waals surface area contributed by atoms with Crippen LogP contribution in [0.5, 0.6) is 5.88 Å². The predicted octanol–water partition coefficient (Wildman–Crippen LogP) is 1.44. The van der Waals surface area contributed by atoms with E-state index in [-0.39, 0.29) is 5.91 Å². The van der Waals surface area contributed by atoms with Gasteiger partial charge in [-0.15, -0.1) is 0 Å². The molecular weight excluding hydrogens is 292 g/mol. The highest BCUT2D eigenvalue weighted by Crippen LogP contribution is 2.17. The molecular formula is C17H20N4O2. The van der Waals surface area contributed by atoms with Crippen LogP contribution in [0.2, 0.25) is 0 Å². The third-order valence-electron chi connectivity index (χ3n) is 3.98. The number of hydrogen-bond acceptors (Lipinski definition) is 5. The molecule has 1 amide bonds. The quantitative estimate of drug-likeness (QED) is 0.855. The van der Waals surface area contributed by atoms with E-state index in [1.165, 1.54) is 12.7 Å². The molecule has 0 saturated carbocycles. The highest BCUT2D eigenvalue weighted by Gasteiger charge is 2.24. The maximum absolute atomic E-state index is 12.6. The van der Waals surface area contributed by atoms with Crippen LogP contribution in [-0.4, -0.2) is 59.0 Å². The van der Waals surface area contributed by atoms with Gasteiger partial charge in [-0.05, 0) is 23.8 Å². The molecule has 0 spiro atoms. The van der Waals surface area contributed by atoms with E-state index in [0.717, 1.165) is 19.6 Å². The molecule has 1 aliphatic rings. The summed E-state index contributed by atoms with van der Waals surface area (Å²) in [4.78, 5) is 25.1. The van der Waals surface area contributed by atoms with Gasteiger partial charge in [0.1, 0.15) is 5.56 Å². The Morgan fingerprint density at radius 2 is 1.96 bits per heavy atom. The number of carbonyl (C=O) groups excluding carboxylic acids is 1. The number of ether oxygens (including phenoxy) is 1. The van der Waals surface area contributed by atoms with Gasteiger partial charge in [0.05, 0.1) is 7.11 Å². The van der Waals surface area contributed by atoms with Crippen LogP contribution in [0.25, 0.3) is 0 Å². The molecule has 0 unspecified atom stereocenters. The molecule has 2 aromatic heterocycles. The lowest BCUT2D eigenvalue weighted by atomic mass is 10.2. The van der Waals surface area contributed by atoms with Gasteiger partial charge in [-0.2, -0.15) is 0 Å². The predicted molar refractivity (Wildman–Crippen MR) is 86.2 cm³/mol. The smallest absolute Gasteiger partial charge is 0.259 e. The van der Waals surface area contributed by atoms with Gasteiger partial charge >= 0.3 is 0 Å². The fraction of sp³-hybridized carbons (Fsp3) is 0.353. The summed E-state index contributed by atoms with van der Waals surface area (Å²) >= 11 is 0. The van der Waals surface area contributed by atoms with Gasteiger partial charge in [-0.25, -0.2) is 4.98 Å². The fourth-order valence-corrected chi connectivity index (χ4v) is 2.75. The molecule has 1 saturated heterocycles. The Morgan fingerprint density at radius 3 is 2.65 bits per heavy atom. The Kier molecular flexibility index (Phi) is 4.83. The van der Waals surface area contributed by atoms with Gasteiger partial charge < -0.3 is 9.64 Å². The lowest BCUT2D eigenvalue weighted by Crippen LogP contribution is -2.48. The van der Waals surface area contributed by atoms with Crippen LogP contribution in [-0.2, 0) is 6.54 Å². The van der Waals surface area contributed by atoms with Crippen molar-refractivity contribution in [3.63, 3.8) is 0 Å². The summed E-state index contributed by atoms with van der Waals surface area (Å²) in [5, 5.41) is 0. The van der Waals surface area contributed by atoms with E-state index in [9.17, 15) is 4.79 Å². The largest absolute Gasteiger partial charge is 0.480 e. The molecule has 6 heteroatoms. The second-order valence-electron chi connectivity index (χ2n) is 5.49. The first-order valence-electron chi connectivity index (χ1n) is 7.67. The minimum absolute atomic E-state index is 0.0176. The highest BCUT2D eigenvalue weighted by atomic mass is 16.5. The maximum Gasteiger partial charge on any atom is 0.259 e. The number of pyridine rings is 2. The van der Waals surface area contributed by atoms with Crippen LogP contribution < -0.4 is 4.74 Å². The molecule has 120 valence electrons. The Morgan fingerprint density at radius 1 is 1.17 bits per heavy atom. The van der Waals surface area contributed by atoms with E-state index in [1.54, 1.807) is 24.5 Å². The maximum atomic E-state index is 12.6. The van der Waals surface area contributed by atoms with E-state index in [1.807, 2.05) is 17.2 Å². The van der Waals surface area contributed by atoms with Crippen molar-refractivity contribution < 1.29 is 9.53 Å². The van der Waals surface area contributed by atoms with Crippen molar-refractivity contribution in [2.45, 2.75) is 6.54 Å². The molecule has 0 aliphatic carbocycles. The summed E-state index contributed by atoms with van der Waals surface area (Å²) in [6.07, 6.45) is 5.29. The number of hydrogen-bond donors (Lipinski definition) is 0. The number of rotatable bonds is 4. The summed E-state index contributed by atoms with van der Waals surface area (Å²) in [5.41, 5.74) is 1.72. The van der Waals surface area contributed by atoms with E-state index in [4.69, 9.17) is 4.74 Å². The second-order valence-corrected chi connectivity index (χ2v) is 5.49. The van der Waals surface area contributed by atoms with Crippen molar-refractivity contribution in [1.82, 2.24) is 19.8 Å². The molecule has 23 heavy (non-hydrogen) atoms. The molecule has 0 bridgehead atoms. The summed E-state index contributed by atoms with van der Waals surface area (Å²) in [5.74, 6) is 0.367. The molecule has 0 N–H and O–H groups in total. The SMILES string of the molecule is COc1ncccc1C(=O)N1CCN(Cc2cccnc2)CC1.